The minimum atomic E-state index is -0.735. The fraction of sp³-hybridized carbons (Fsp3) is 0.182. The monoisotopic (exact) mass is 488 g/mol. The molecule has 2 aromatic carbocycles. The van der Waals surface area contributed by atoms with Gasteiger partial charge in [-0.05, 0) is 12.1 Å². The van der Waals surface area contributed by atoms with Crippen LogP contribution in [0.15, 0.2) is 42.7 Å². The molecule has 0 radical (unpaired) electrons. The van der Waals surface area contributed by atoms with E-state index >= 15 is 0 Å². The van der Waals surface area contributed by atoms with Gasteiger partial charge in [0, 0.05) is 30.0 Å². The number of hydrogen-bond acceptors (Lipinski definition) is 7. The minimum Gasteiger partial charge on any atom is -0.497 e. The molecular formula is C22H19ClF2N6O3. The number of methoxy groups -OCH3 is 1. The fourth-order valence-corrected chi connectivity index (χ4v) is 3.28. The molecule has 34 heavy (non-hydrogen) atoms. The van der Waals surface area contributed by atoms with Crippen LogP contribution in [0, 0.1) is 11.6 Å². The highest BCUT2D eigenvalue weighted by molar-refractivity contribution is 6.18. The minimum absolute atomic E-state index is 0.142. The van der Waals surface area contributed by atoms with Crippen LogP contribution in [0.2, 0.25) is 0 Å². The number of carbonyl (C=O) groups excluding carboxylic acids is 1. The molecule has 0 atom stereocenters. The average Bonchev–Trinajstić information content (AvgIpc) is 3.26. The molecule has 2 heterocycles. The van der Waals surface area contributed by atoms with E-state index in [1.165, 1.54) is 13.4 Å². The number of nitrogens with zero attached hydrogens (tertiary/aromatic N) is 3. The Bertz CT molecular complexity index is 1330. The number of alkyl halides is 1. The van der Waals surface area contributed by atoms with Crippen molar-refractivity contribution in [3.05, 3.63) is 60.1 Å². The predicted molar refractivity (Wildman–Crippen MR) is 123 cm³/mol. The summed E-state index contributed by atoms with van der Waals surface area (Å²) in [7, 11) is 1.54. The molecule has 12 heteroatoms. The van der Waals surface area contributed by atoms with Crippen LogP contribution in [0.25, 0.3) is 10.9 Å². The third-order valence-corrected chi connectivity index (χ3v) is 4.83. The van der Waals surface area contributed by atoms with Gasteiger partial charge in [-0.1, -0.05) is 0 Å². The van der Waals surface area contributed by atoms with Crippen LogP contribution in [0.3, 0.4) is 0 Å². The Labute approximate surface area is 197 Å². The number of fused-ring (bicyclic) bond motifs is 1. The molecule has 0 aliphatic carbocycles. The number of halogens is 3. The number of benzene rings is 2. The van der Waals surface area contributed by atoms with Crippen LogP contribution in [0.5, 0.6) is 11.5 Å². The van der Waals surface area contributed by atoms with E-state index in [1.807, 2.05) is 0 Å². The quantitative estimate of drug-likeness (QED) is 0.303. The summed E-state index contributed by atoms with van der Waals surface area (Å²) in [5, 5.41) is 12.9. The van der Waals surface area contributed by atoms with Crippen molar-refractivity contribution in [2.24, 2.45) is 0 Å². The van der Waals surface area contributed by atoms with Gasteiger partial charge in [0.2, 0.25) is 5.91 Å². The number of anilines is 3. The largest absolute Gasteiger partial charge is 0.497 e. The molecule has 0 saturated heterocycles. The third kappa shape index (κ3) is 5.31. The summed E-state index contributed by atoms with van der Waals surface area (Å²) in [4.78, 5) is 20.8. The topological polar surface area (TPSA) is 114 Å². The van der Waals surface area contributed by atoms with E-state index in [2.05, 4.69) is 30.8 Å². The Morgan fingerprint density at radius 3 is 2.82 bits per heavy atom. The lowest BCUT2D eigenvalue weighted by atomic mass is 10.2. The number of aromatic nitrogens is 4. The highest BCUT2D eigenvalue weighted by Gasteiger charge is 2.15. The van der Waals surface area contributed by atoms with E-state index in [9.17, 15) is 13.6 Å². The molecule has 1 amide bonds. The standard InChI is InChI=1S/C22H19ClF2N6O3/c1-33-14-9-17-21(18(10-14)34-5-4-23)22(27-11-26-17)29-19-7-13(30-31-19)8-20(32)28-16-6-12(24)2-3-15(16)25/h2-3,6-7,9-11H,4-5,8H2,1H3,(H,28,32)(H2,26,27,29,30,31). The van der Waals surface area contributed by atoms with E-state index in [0.717, 1.165) is 18.2 Å². The highest BCUT2D eigenvalue weighted by Crippen LogP contribution is 2.35. The van der Waals surface area contributed by atoms with Gasteiger partial charge in [-0.3, -0.25) is 9.89 Å². The number of carbonyl (C=O) groups is 1. The van der Waals surface area contributed by atoms with Crippen LogP contribution in [0.4, 0.5) is 26.1 Å². The van der Waals surface area contributed by atoms with Gasteiger partial charge >= 0.3 is 0 Å². The Kier molecular flexibility index (Phi) is 7.02. The number of ether oxygens (including phenoxy) is 2. The van der Waals surface area contributed by atoms with Crippen molar-refractivity contribution >= 4 is 45.7 Å². The molecule has 0 fully saturated rings. The fourth-order valence-electron chi connectivity index (χ4n) is 3.20. The molecular weight excluding hydrogens is 470 g/mol. The summed E-state index contributed by atoms with van der Waals surface area (Å²) in [6.07, 6.45) is 1.24. The van der Waals surface area contributed by atoms with Crippen LogP contribution < -0.4 is 20.1 Å². The molecule has 0 unspecified atom stereocenters. The van der Waals surface area contributed by atoms with E-state index < -0.39 is 17.5 Å². The van der Waals surface area contributed by atoms with E-state index in [-0.39, 0.29) is 18.7 Å². The van der Waals surface area contributed by atoms with Gasteiger partial charge in [-0.25, -0.2) is 18.7 Å². The van der Waals surface area contributed by atoms with Crippen LogP contribution in [-0.2, 0) is 11.2 Å². The zero-order chi connectivity index (χ0) is 24.1. The van der Waals surface area contributed by atoms with Crippen LogP contribution in [0.1, 0.15) is 5.69 Å². The first-order valence-electron chi connectivity index (χ1n) is 10.0. The van der Waals surface area contributed by atoms with Crippen molar-refractivity contribution in [1.29, 1.82) is 0 Å². The predicted octanol–water partition coefficient (Wildman–Crippen LogP) is 4.18. The molecule has 4 rings (SSSR count). The highest BCUT2D eigenvalue weighted by atomic mass is 35.5. The number of hydrogen-bond donors (Lipinski definition) is 3. The van der Waals surface area contributed by atoms with E-state index in [0.29, 0.717) is 45.6 Å². The van der Waals surface area contributed by atoms with Crippen LogP contribution in [-0.4, -0.2) is 45.7 Å². The summed E-state index contributed by atoms with van der Waals surface area (Å²) < 4.78 is 38.1. The van der Waals surface area contributed by atoms with Gasteiger partial charge in [-0.2, -0.15) is 5.10 Å². The molecule has 2 aromatic heterocycles. The van der Waals surface area contributed by atoms with Crippen molar-refractivity contribution in [1.82, 2.24) is 20.2 Å². The van der Waals surface area contributed by atoms with Crippen molar-refractivity contribution in [3.8, 4) is 11.5 Å². The summed E-state index contributed by atoms with van der Waals surface area (Å²) in [6.45, 7) is 0.270. The van der Waals surface area contributed by atoms with E-state index in [4.69, 9.17) is 21.1 Å². The van der Waals surface area contributed by atoms with Crippen molar-refractivity contribution in [2.75, 3.05) is 30.2 Å². The normalized spacial score (nSPS) is 10.8. The smallest absolute Gasteiger partial charge is 0.230 e. The lowest BCUT2D eigenvalue weighted by molar-refractivity contribution is -0.115. The molecule has 4 aromatic rings. The van der Waals surface area contributed by atoms with E-state index in [1.54, 1.807) is 18.2 Å². The lowest BCUT2D eigenvalue weighted by Gasteiger charge is -2.13. The number of amides is 1. The van der Waals surface area contributed by atoms with Gasteiger partial charge in [0.25, 0.3) is 0 Å². The molecule has 3 N–H and O–H groups in total. The first-order valence-corrected chi connectivity index (χ1v) is 10.6. The number of H-pyrrole nitrogens is 1. The Hall–Kier alpha value is -3.99. The van der Waals surface area contributed by atoms with Crippen molar-refractivity contribution in [3.63, 3.8) is 0 Å². The zero-order valence-electron chi connectivity index (χ0n) is 17.9. The second-order valence-corrected chi connectivity index (χ2v) is 7.41. The molecule has 0 saturated carbocycles. The first-order chi connectivity index (χ1) is 16.5. The van der Waals surface area contributed by atoms with Crippen LogP contribution >= 0.6 is 11.6 Å². The van der Waals surface area contributed by atoms with Gasteiger partial charge < -0.3 is 20.1 Å². The van der Waals surface area contributed by atoms with Gasteiger partial charge in [0.1, 0.15) is 41.9 Å². The Balaban J connectivity index is 1.53. The first kappa shape index (κ1) is 23.2. The molecule has 0 aliphatic heterocycles. The molecule has 0 bridgehead atoms. The van der Waals surface area contributed by atoms with Crippen molar-refractivity contribution < 1.29 is 23.0 Å². The van der Waals surface area contributed by atoms with Gasteiger partial charge in [0.15, 0.2) is 5.82 Å². The maximum Gasteiger partial charge on any atom is 0.230 e. The molecule has 9 nitrogen and oxygen atoms in total. The molecule has 176 valence electrons. The summed E-state index contributed by atoms with van der Waals surface area (Å²) in [5.74, 6) is 0.181. The Morgan fingerprint density at radius 2 is 2.03 bits per heavy atom. The number of rotatable bonds is 9. The lowest BCUT2D eigenvalue weighted by Crippen LogP contribution is -2.15. The SMILES string of the molecule is COc1cc(OCCCl)c2c(Nc3cc(CC(=O)Nc4cc(F)ccc4F)[nH]n3)ncnc2c1. The van der Waals surface area contributed by atoms with Crippen molar-refractivity contribution in [2.45, 2.75) is 6.42 Å². The van der Waals surface area contributed by atoms with Gasteiger partial charge in [-0.15, -0.1) is 11.6 Å². The molecule has 0 aliphatic rings. The summed E-state index contributed by atoms with van der Waals surface area (Å²) in [6, 6.07) is 7.86. The number of aromatic amines is 1. The maximum atomic E-state index is 13.8. The second kappa shape index (κ2) is 10.3. The Morgan fingerprint density at radius 1 is 1.18 bits per heavy atom. The number of nitrogens with one attached hydrogen (secondary N) is 3. The zero-order valence-corrected chi connectivity index (χ0v) is 18.6. The summed E-state index contributed by atoms with van der Waals surface area (Å²) in [5.41, 5.74) is 0.777. The maximum absolute atomic E-state index is 13.8. The summed E-state index contributed by atoms with van der Waals surface area (Å²) >= 11 is 5.77. The average molecular weight is 489 g/mol. The second-order valence-electron chi connectivity index (χ2n) is 7.03. The molecule has 0 spiro atoms. The third-order valence-electron chi connectivity index (χ3n) is 4.68. The van der Waals surface area contributed by atoms with Gasteiger partial charge in [0.05, 0.1) is 36.0 Å².